The smallest absolute Gasteiger partial charge is 0.297 e. The highest BCUT2D eigenvalue weighted by Crippen LogP contribution is 2.44. The molecule has 0 bridgehead atoms. The normalized spacial score (nSPS) is 15.3. The molecule has 1 atom stereocenters. The van der Waals surface area contributed by atoms with Crippen LogP contribution >= 0.6 is 22.9 Å². The van der Waals surface area contributed by atoms with Gasteiger partial charge in [-0.1, -0.05) is 47.2 Å². The fourth-order valence-electron chi connectivity index (χ4n) is 4.33. The number of rotatable bonds is 4. The van der Waals surface area contributed by atoms with Crippen molar-refractivity contribution in [1.29, 1.82) is 0 Å². The predicted molar refractivity (Wildman–Crippen MR) is 133 cm³/mol. The summed E-state index contributed by atoms with van der Waals surface area (Å²) in [5.74, 6) is 0.351. The number of ether oxygens (including phenoxy) is 1. The Labute approximate surface area is 203 Å². The average Bonchev–Trinajstić information content (AvgIpc) is 3.38. The van der Waals surface area contributed by atoms with E-state index in [2.05, 4.69) is 4.98 Å². The molecule has 168 valence electrons. The molecule has 0 N–H and O–H groups in total. The fraction of sp³-hybridized carbons (Fsp3) is 0.115. The molecule has 1 amide bonds. The van der Waals surface area contributed by atoms with Crippen molar-refractivity contribution in [3.8, 4) is 5.75 Å². The van der Waals surface area contributed by atoms with E-state index >= 15 is 0 Å². The van der Waals surface area contributed by atoms with Gasteiger partial charge in [-0.15, -0.1) is 0 Å². The second kappa shape index (κ2) is 7.97. The molecule has 0 unspecified atom stereocenters. The molecule has 8 heteroatoms. The summed E-state index contributed by atoms with van der Waals surface area (Å²) < 4.78 is 12.4. The van der Waals surface area contributed by atoms with Gasteiger partial charge in [-0.2, -0.15) is 0 Å². The lowest BCUT2D eigenvalue weighted by molar-refractivity contribution is 0.0971. The number of hydrogen-bond acceptors (Lipinski definition) is 6. The second-order valence-electron chi connectivity index (χ2n) is 7.86. The van der Waals surface area contributed by atoms with Crippen LogP contribution < -0.4 is 15.1 Å². The topological polar surface area (TPSA) is 72.6 Å². The summed E-state index contributed by atoms with van der Waals surface area (Å²) in [5.41, 5.74) is 1.95. The van der Waals surface area contributed by atoms with Crippen LogP contribution in [0.5, 0.6) is 5.75 Å². The highest BCUT2D eigenvalue weighted by Gasteiger charge is 2.45. The molecule has 0 aliphatic carbocycles. The molecular formula is C26H17ClN2O4S. The Morgan fingerprint density at radius 2 is 1.88 bits per heavy atom. The van der Waals surface area contributed by atoms with E-state index < -0.39 is 11.9 Å². The van der Waals surface area contributed by atoms with Crippen LogP contribution in [-0.4, -0.2) is 17.5 Å². The highest BCUT2D eigenvalue weighted by molar-refractivity contribution is 7.22. The van der Waals surface area contributed by atoms with E-state index in [0.29, 0.717) is 39.0 Å². The van der Waals surface area contributed by atoms with E-state index in [-0.39, 0.29) is 11.2 Å². The van der Waals surface area contributed by atoms with Gasteiger partial charge in [0.15, 0.2) is 10.6 Å². The minimum atomic E-state index is -0.685. The van der Waals surface area contributed by atoms with Gasteiger partial charge in [-0.25, -0.2) is 4.98 Å². The summed E-state index contributed by atoms with van der Waals surface area (Å²) in [4.78, 5) is 33.5. The molecule has 0 saturated carbocycles. The van der Waals surface area contributed by atoms with Crippen LogP contribution in [0, 0.1) is 0 Å². The molecule has 2 aromatic heterocycles. The first-order chi connectivity index (χ1) is 16.5. The molecule has 0 fully saturated rings. The number of carbonyl (C=O) groups is 1. The number of halogens is 1. The van der Waals surface area contributed by atoms with Crippen LogP contribution in [0.1, 0.15) is 34.6 Å². The van der Waals surface area contributed by atoms with Crippen molar-refractivity contribution in [2.24, 2.45) is 0 Å². The number of thiazole rings is 1. The zero-order valence-electron chi connectivity index (χ0n) is 17.9. The maximum Gasteiger partial charge on any atom is 0.297 e. The highest BCUT2D eigenvalue weighted by atomic mass is 35.5. The molecule has 6 nitrogen and oxygen atoms in total. The Kier molecular flexibility index (Phi) is 4.90. The van der Waals surface area contributed by atoms with Gasteiger partial charge in [0.2, 0.25) is 5.76 Å². The number of amides is 1. The molecule has 0 spiro atoms. The summed E-state index contributed by atoms with van der Waals surface area (Å²) >= 11 is 7.51. The van der Waals surface area contributed by atoms with Crippen molar-refractivity contribution in [1.82, 2.24) is 4.98 Å². The van der Waals surface area contributed by atoms with Crippen molar-refractivity contribution in [3.63, 3.8) is 0 Å². The molecule has 6 rings (SSSR count). The van der Waals surface area contributed by atoms with Gasteiger partial charge in [0.25, 0.3) is 5.91 Å². The summed E-state index contributed by atoms with van der Waals surface area (Å²) in [6, 6.07) is 19.1. The third kappa shape index (κ3) is 3.20. The summed E-state index contributed by atoms with van der Waals surface area (Å²) in [6.07, 6.45) is 0. The zero-order valence-corrected chi connectivity index (χ0v) is 19.5. The second-order valence-corrected chi connectivity index (χ2v) is 9.30. The number of anilines is 1. The monoisotopic (exact) mass is 488 g/mol. The molecule has 3 aromatic carbocycles. The van der Waals surface area contributed by atoms with E-state index in [0.717, 1.165) is 15.8 Å². The van der Waals surface area contributed by atoms with Gasteiger partial charge in [0.05, 0.1) is 33.8 Å². The number of aromatic nitrogens is 1. The molecule has 5 aromatic rings. The van der Waals surface area contributed by atoms with E-state index in [9.17, 15) is 9.59 Å². The number of carbonyl (C=O) groups excluding carboxylic acids is 1. The first-order valence-electron chi connectivity index (χ1n) is 10.7. The van der Waals surface area contributed by atoms with E-state index in [1.54, 1.807) is 35.2 Å². The Balaban J connectivity index is 1.59. The quantitative estimate of drug-likeness (QED) is 0.301. The molecule has 0 radical (unpaired) electrons. The number of benzene rings is 3. The Bertz CT molecular complexity index is 1640. The summed E-state index contributed by atoms with van der Waals surface area (Å²) in [5, 5.41) is 1.49. The van der Waals surface area contributed by atoms with Gasteiger partial charge in [0.1, 0.15) is 11.3 Å². The Morgan fingerprint density at radius 1 is 1.09 bits per heavy atom. The van der Waals surface area contributed by atoms with Crippen molar-refractivity contribution in [2.45, 2.75) is 13.0 Å². The SMILES string of the molecule is CCOc1ccc([C@H]2c3c(oc4ccccc4c3=O)C(=O)N2c2nc3ccc(Cl)cc3s2)cc1. The molecule has 3 heterocycles. The van der Waals surface area contributed by atoms with E-state index in [1.165, 1.54) is 11.3 Å². The fourth-order valence-corrected chi connectivity index (χ4v) is 5.60. The standard InChI is InChI=1S/C26H17ClN2O4S/c1-2-32-16-10-7-14(8-11-16)22-21-23(30)17-5-3-4-6-19(17)33-24(21)25(31)29(22)26-28-18-12-9-15(27)13-20(18)34-26/h3-13,22H,2H2,1H3/t22-/m0/s1. The summed E-state index contributed by atoms with van der Waals surface area (Å²) in [7, 11) is 0. The maximum atomic E-state index is 13.7. The third-order valence-corrected chi connectivity index (χ3v) is 7.08. The zero-order chi connectivity index (χ0) is 23.4. The minimum Gasteiger partial charge on any atom is -0.494 e. The van der Waals surface area contributed by atoms with E-state index in [4.69, 9.17) is 20.8 Å². The Morgan fingerprint density at radius 3 is 2.68 bits per heavy atom. The molecule has 1 aliphatic rings. The van der Waals surface area contributed by atoms with Crippen LogP contribution in [0.4, 0.5) is 5.13 Å². The number of hydrogen-bond donors (Lipinski definition) is 0. The van der Waals surface area contributed by atoms with Crippen molar-refractivity contribution in [2.75, 3.05) is 11.5 Å². The molecule has 0 saturated heterocycles. The van der Waals surface area contributed by atoms with Gasteiger partial charge in [-0.3, -0.25) is 14.5 Å². The van der Waals surface area contributed by atoms with Gasteiger partial charge in [0, 0.05) is 5.02 Å². The first-order valence-corrected chi connectivity index (χ1v) is 11.9. The number of para-hydroxylation sites is 1. The van der Waals surface area contributed by atoms with Gasteiger partial charge in [-0.05, 0) is 55.0 Å². The molecular weight excluding hydrogens is 472 g/mol. The minimum absolute atomic E-state index is 0.0415. The number of fused-ring (bicyclic) bond motifs is 3. The molecule has 1 aliphatic heterocycles. The lowest BCUT2D eigenvalue weighted by Gasteiger charge is -2.22. The van der Waals surface area contributed by atoms with Crippen LogP contribution in [0.15, 0.2) is 75.9 Å². The van der Waals surface area contributed by atoms with Crippen molar-refractivity contribution in [3.05, 3.63) is 98.9 Å². The first kappa shape index (κ1) is 20.9. The van der Waals surface area contributed by atoms with Crippen LogP contribution in [0.2, 0.25) is 5.02 Å². The summed E-state index contributed by atoms with van der Waals surface area (Å²) in [6.45, 7) is 2.46. The van der Waals surface area contributed by atoms with Crippen LogP contribution in [-0.2, 0) is 0 Å². The van der Waals surface area contributed by atoms with Crippen molar-refractivity contribution < 1.29 is 13.9 Å². The third-order valence-electron chi connectivity index (χ3n) is 5.83. The predicted octanol–water partition coefficient (Wildman–Crippen LogP) is 6.20. The van der Waals surface area contributed by atoms with E-state index in [1.807, 2.05) is 43.3 Å². The average molecular weight is 489 g/mol. The molecule has 34 heavy (non-hydrogen) atoms. The van der Waals surface area contributed by atoms with Gasteiger partial charge >= 0.3 is 0 Å². The lowest BCUT2D eigenvalue weighted by Crippen LogP contribution is -2.29. The van der Waals surface area contributed by atoms with Crippen molar-refractivity contribution >= 4 is 55.2 Å². The van der Waals surface area contributed by atoms with Crippen LogP contribution in [0.25, 0.3) is 21.2 Å². The maximum absolute atomic E-state index is 13.7. The Hall–Kier alpha value is -3.68. The van der Waals surface area contributed by atoms with Gasteiger partial charge < -0.3 is 9.15 Å². The largest absolute Gasteiger partial charge is 0.494 e. The number of nitrogens with zero attached hydrogens (tertiary/aromatic N) is 2. The lowest BCUT2D eigenvalue weighted by atomic mass is 9.98. The van der Waals surface area contributed by atoms with Crippen LogP contribution in [0.3, 0.4) is 0 Å².